The van der Waals surface area contributed by atoms with Crippen molar-refractivity contribution in [1.82, 2.24) is 14.8 Å². The summed E-state index contributed by atoms with van der Waals surface area (Å²) in [7, 11) is 0. The summed E-state index contributed by atoms with van der Waals surface area (Å²) >= 11 is 0. The summed E-state index contributed by atoms with van der Waals surface area (Å²) in [6.45, 7) is 11.0. The first kappa shape index (κ1) is 29.6. The first-order chi connectivity index (χ1) is 22.0. The van der Waals surface area contributed by atoms with Gasteiger partial charge in [0.05, 0.1) is 23.6 Å². The molecule has 1 aromatic rings. The number of hydrazone groups is 1. The number of halogens is 4. The molecule has 2 aliphatic carbocycles. The van der Waals surface area contributed by atoms with Crippen LogP contribution >= 0.6 is 0 Å². The Morgan fingerprint density at radius 1 is 1.00 bits per heavy atom. The van der Waals surface area contributed by atoms with E-state index in [1.54, 1.807) is 11.1 Å². The summed E-state index contributed by atoms with van der Waals surface area (Å²) in [4.78, 5) is 4.55. The highest BCUT2D eigenvalue weighted by Crippen LogP contribution is 2.66. The average molecular weight is 629 g/mol. The van der Waals surface area contributed by atoms with Crippen LogP contribution in [0.25, 0.3) is 5.70 Å². The van der Waals surface area contributed by atoms with E-state index in [1.807, 2.05) is 30.5 Å². The molecule has 0 radical (unpaired) electrons. The number of fused-ring (bicyclic) bond motifs is 4. The Morgan fingerprint density at radius 2 is 1.78 bits per heavy atom. The molecule has 0 aromatic heterocycles. The molecule has 0 amide bonds. The van der Waals surface area contributed by atoms with Gasteiger partial charge in [-0.05, 0) is 60.6 Å². The standard InChI is InChI=1S/C38H40F4N4/c1-6-9-12-23-14-15-25-31-24(23)18-20-45-34(31)32-26(16-17-27(39)33(32)35(25,4)5)36(7-2,8-3)37(45)22-46-29(21-30(43-46)38(40,41)42)28-13-10-11-19-44(28)37/h10-11,13-20,24H,6-9,12,21-22H2,1-5H3. The van der Waals surface area contributed by atoms with Crippen molar-refractivity contribution in [3.8, 4) is 0 Å². The van der Waals surface area contributed by atoms with Crippen molar-refractivity contribution in [3.05, 3.63) is 112 Å². The predicted molar refractivity (Wildman–Crippen MR) is 173 cm³/mol. The maximum absolute atomic E-state index is 16.3. The predicted octanol–water partition coefficient (Wildman–Crippen LogP) is 9.33. The fourth-order valence-electron chi connectivity index (χ4n) is 9.81. The van der Waals surface area contributed by atoms with Gasteiger partial charge in [0.25, 0.3) is 0 Å². The second-order valence-corrected chi connectivity index (χ2v) is 14.1. The zero-order valence-electron chi connectivity index (χ0n) is 27.1. The van der Waals surface area contributed by atoms with E-state index in [9.17, 15) is 13.2 Å². The molecule has 240 valence electrons. The van der Waals surface area contributed by atoms with E-state index in [0.717, 1.165) is 47.4 Å². The fourth-order valence-corrected chi connectivity index (χ4v) is 9.81. The molecule has 46 heavy (non-hydrogen) atoms. The number of rotatable bonds is 5. The molecule has 7 aliphatic rings. The van der Waals surface area contributed by atoms with Gasteiger partial charge in [-0.1, -0.05) is 77.0 Å². The van der Waals surface area contributed by atoms with E-state index in [4.69, 9.17) is 0 Å². The summed E-state index contributed by atoms with van der Waals surface area (Å²) in [6.07, 6.45) is 16.5. The molecule has 0 saturated carbocycles. The van der Waals surface area contributed by atoms with Crippen molar-refractivity contribution in [3.63, 3.8) is 0 Å². The summed E-state index contributed by atoms with van der Waals surface area (Å²) in [5.74, 6) is -0.159. The SMILES string of the molecule is CCCCC1=CC=C2C3=C4c5c(ccc(F)c5C2(C)C)C(CC)(CC)C2(CN5N=C(C(F)(F)F)CC5=C5C=CC=CN52)N4C=CC13. The van der Waals surface area contributed by atoms with Gasteiger partial charge in [-0.2, -0.15) is 18.3 Å². The smallest absolute Gasteiger partial charge is 0.321 e. The monoisotopic (exact) mass is 628 g/mol. The lowest BCUT2D eigenvalue weighted by Gasteiger charge is -2.68. The molecule has 2 unspecified atom stereocenters. The minimum atomic E-state index is -4.52. The van der Waals surface area contributed by atoms with Crippen LogP contribution in [-0.4, -0.2) is 38.9 Å². The molecule has 1 spiro atoms. The topological polar surface area (TPSA) is 22.1 Å². The lowest BCUT2D eigenvalue weighted by atomic mass is 9.53. The Balaban J connectivity index is 1.47. The van der Waals surface area contributed by atoms with Gasteiger partial charge in [0.2, 0.25) is 0 Å². The van der Waals surface area contributed by atoms with Crippen LogP contribution in [0.5, 0.6) is 0 Å². The molecule has 0 N–H and O–H groups in total. The highest BCUT2D eigenvalue weighted by Gasteiger charge is 2.67. The number of hydrogen-bond donors (Lipinski definition) is 0. The first-order valence-corrected chi connectivity index (χ1v) is 16.7. The van der Waals surface area contributed by atoms with Crippen molar-refractivity contribution in [2.75, 3.05) is 6.54 Å². The molecule has 1 aromatic carbocycles. The minimum Gasteiger partial charge on any atom is -0.321 e. The van der Waals surface area contributed by atoms with Gasteiger partial charge in [0, 0.05) is 46.7 Å². The zero-order chi connectivity index (χ0) is 32.4. The number of unbranched alkanes of at least 4 members (excludes halogenated alkanes) is 1. The van der Waals surface area contributed by atoms with Gasteiger partial charge in [0.1, 0.15) is 11.5 Å². The third-order valence-corrected chi connectivity index (χ3v) is 11.9. The van der Waals surface area contributed by atoms with Crippen LogP contribution in [0, 0.1) is 11.7 Å². The Bertz CT molecular complexity index is 1810. The summed E-state index contributed by atoms with van der Waals surface area (Å²) in [6, 6.07) is 3.60. The number of hydrogen-bond acceptors (Lipinski definition) is 4. The average Bonchev–Trinajstić information content (AvgIpc) is 3.48. The van der Waals surface area contributed by atoms with Crippen LogP contribution in [0.4, 0.5) is 17.6 Å². The van der Waals surface area contributed by atoms with Gasteiger partial charge < -0.3 is 9.80 Å². The highest BCUT2D eigenvalue weighted by molar-refractivity contribution is 5.93. The van der Waals surface area contributed by atoms with Crippen molar-refractivity contribution in [2.24, 2.45) is 11.0 Å². The lowest BCUT2D eigenvalue weighted by molar-refractivity contribution is -0.0693. The third kappa shape index (κ3) is 3.43. The maximum Gasteiger partial charge on any atom is 0.431 e. The van der Waals surface area contributed by atoms with E-state index in [1.165, 1.54) is 11.1 Å². The molecule has 5 heterocycles. The van der Waals surface area contributed by atoms with Crippen molar-refractivity contribution >= 4 is 11.4 Å². The van der Waals surface area contributed by atoms with Crippen LogP contribution < -0.4 is 0 Å². The Hall–Kier alpha value is -3.81. The quantitative estimate of drug-likeness (QED) is 0.304. The van der Waals surface area contributed by atoms with Crippen molar-refractivity contribution < 1.29 is 17.6 Å². The largest absolute Gasteiger partial charge is 0.431 e. The molecule has 5 aliphatic heterocycles. The molecular formula is C38H40F4N4. The molecule has 8 rings (SSSR count). The molecule has 8 heteroatoms. The number of benzene rings is 1. The second kappa shape index (κ2) is 9.61. The second-order valence-electron chi connectivity index (χ2n) is 14.1. The molecule has 0 saturated heterocycles. The van der Waals surface area contributed by atoms with E-state index < -0.39 is 28.4 Å². The van der Waals surface area contributed by atoms with Crippen molar-refractivity contribution in [2.45, 2.75) is 95.8 Å². The van der Waals surface area contributed by atoms with Gasteiger partial charge in [0.15, 0.2) is 5.66 Å². The molecular weight excluding hydrogens is 588 g/mol. The van der Waals surface area contributed by atoms with Crippen LogP contribution in [-0.2, 0) is 10.8 Å². The van der Waals surface area contributed by atoms with Gasteiger partial charge in [-0.25, -0.2) is 4.39 Å². The van der Waals surface area contributed by atoms with Gasteiger partial charge >= 0.3 is 6.18 Å². The van der Waals surface area contributed by atoms with Crippen LogP contribution in [0.3, 0.4) is 0 Å². The Morgan fingerprint density at radius 3 is 2.50 bits per heavy atom. The summed E-state index contributed by atoms with van der Waals surface area (Å²) < 4.78 is 58.9. The lowest BCUT2D eigenvalue weighted by Crippen LogP contribution is -2.75. The van der Waals surface area contributed by atoms with E-state index >= 15 is 4.39 Å². The van der Waals surface area contributed by atoms with Gasteiger partial charge in [-0.3, -0.25) is 5.01 Å². The molecule has 2 atom stereocenters. The number of allylic oxidation sites excluding steroid dienone is 10. The number of alkyl halides is 3. The normalized spacial score (nSPS) is 27.5. The molecule has 0 bridgehead atoms. The zero-order valence-corrected chi connectivity index (χ0v) is 27.1. The summed E-state index contributed by atoms with van der Waals surface area (Å²) in [5, 5.41) is 5.90. The summed E-state index contributed by atoms with van der Waals surface area (Å²) in [5.41, 5.74) is 5.87. The number of nitrogens with zero attached hydrogens (tertiary/aromatic N) is 4. The third-order valence-electron chi connectivity index (χ3n) is 11.9. The van der Waals surface area contributed by atoms with E-state index in [2.05, 4.69) is 73.9 Å². The first-order valence-electron chi connectivity index (χ1n) is 16.7. The Kier molecular flexibility index (Phi) is 6.18. The van der Waals surface area contributed by atoms with Crippen molar-refractivity contribution in [1.29, 1.82) is 0 Å². The highest BCUT2D eigenvalue weighted by atomic mass is 19.4. The minimum absolute atomic E-state index is 0.0572. The van der Waals surface area contributed by atoms with E-state index in [-0.39, 0.29) is 24.7 Å². The van der Waals surface area contributed by atoms with Crippen LogP contribution in [0.15, 0.2) is 94.2 Å². The molecule has 4 nitrogen and oxygen atoms in total. The van der Waals surface area contributed by atoms with Crippen LogP contribution in [0.1, 0.15) is 89.8 Å². The van der Waals surface area contributed by atoms with Crippen LogP contribution in [0.2, 0.25) is 0 Å². The van der Waals surface area contributed by atoms with Gasteiger partial charge in [-0.15, -0.1) is 0 Å². The van der Waals surface area contributed by atoms with E-state index in [0.29, 0.717) is 24.1 Å². The fraction of sp³-hybridized carbons (Fsp3) is 0.447. The maximum atomic E-state index is 16.3. The molecule has 0 fully saturated rings. The Labute approximate surface area is 268 Å².